The number of thioether (sulfide) groups is 1. The fourth-order valence-electron chi connectivity index (χ4n) is 2.87. The van der Waals surface area contributed by atoms with Crippen LogP contribution in [-0.4, -0.2) is 32.0 Å². The maximum atomic E-state index is 12.9. The molecule has 1 saturated carbocycles. The molecule has 2 amide bonds. The molecule has 0 unspecified atom stereocenters. The van der Waals surface area contributed by atoms with Gasteiger partial charge in [-0.1, -0.05) is 17.8 Å². The zero-order chi connectivity index (χ0) is 23.5. The number of benzene rings is 2. The third-order valence-electron chi connectivity index (χ3n) is 4.78. The van der Waals surface area contributed by atoms with E-state index in [0.29, 0.717) is 22.2 Å². The zero-order valence-electron chi connectivity index (χ0n) is 17.4. The number of anilines is 2. The van der Waals surface area contributed by atoms with Crippen molar-refractivity contribution in [3.05, 3.63) is 48.0 Å². The Morgan fingerprint density at radius 2 is 1.69 bits per heavy atom. The second-order valence-electron chi connectivity index (χ2n) is 7.48. The molecule has 0 bridgehead atoms. The van der Waals surface area contributed by atoms with Crippen molar-refractivity contribution in [2.45, 2.75) is 48.3 Å². The van der Waals surface area contributed by atoms with Gasteiger partial charge in [-0.15, -0.1) is 0 Å². The van der Waals surface area contributed by atoms with Crippen molar-refractivity contribution in [1.82, 2.24) is 5.32 Å². The van der Waals surface area contributed by atoms with E-state index in [1.807, 2.05) is 0 Å². The predicted octanol–water partition coefficient (Wildman–Crippen LogP) is 3.96. The molecule has 1 aliphatic rings. The van der Waals surface area contributed by atoms with Crippen LogP contribution in [0.1, 0.15) is 25.3 Å². The SMILES string of the molecule is Cc1ccc(NC(=O)[C@H](C)NC(=O)C2CC2)cc1S(=O)(=O)Nc1ccc(SC(F)F)cc1. The zero-order valence-corrected chi connectivity index (χ0v) is 19.0. The van der Waals surface area contributed by atoms with Crippen molar-refractivity contribution < 1.29 is 26.8 Å². The summed E-state index contributed by atoms with van der Waals surface area (Å²) in [5, 5.41) is 5.25. The van der Waals surface area contributed by atoms with Gasteiger partial charge in [0, 0.05) is 22.2 Å². The first kappa shape index (κ1) is 24.0. The number of hydrogen-bond acceptors (Lipinski definition) is 5. The average Bonchev–Trinajstić information content (AvgIpc) is 3.55. The number of halogens is 2. The third-order valence-corrected chi connectivity index (χ3v) is 7.02. The number of hydrogen-bond donors (Lipinski definition) is 3. The monoisotopic (exact) mass is 483 g/mol. The van der Waals surface area contributed by atoms with E-state index in [2.05, 4.69) is 15.4 Å². The van der Waals surface area contributed by atoms with Gasteiger partial charge in [-0.25, -0.2) is 8.42 Å². The van der Waals surface area contributed by atoms with E-state index in [1.165, 1.54) is 30.3 Å². The molecule has 1 aliphatic carbocycles. The van der Waals surface area contributed by atoms with Gasteiger partial charge in [0.1, 0.15) is 6.04 Å². The molecule has 0 aromatic heterocycles. The van der Waals surface area contributed by atoms with E-state index >= 15 is 0 Å². The number of amides is 2. The number of alkyl halides is 2. The van der Waals surface area contributed by atoms with Gasteiger partial charge >= 0.3 is 0 Å². The molecule has 32 heavy (non-hydrogen) atoms. The lowest BCUT2D eigenvalue weighted by molar-refractivity contribution is -0.127. The predicted molar refractivity (Wildman–Crippen MR) is 119 cm³/mol. The fourth-order valence-corrected chi connectivity index (χ4v) is 4.70. The summed E-state index contributed by atoms with van der Waals surface area (Å²) >= 11 is 0.365. The van der Waals surface area contributed by atoms with Gasteiger partial charge in [-0.05, 0) is 68.7 Å². The molecular weight excluding hydrogens is 460 g/mol. The molecule has 0 spiro atoms. The Labute approximate surface area is 189 Å². The van der Waals surface area contributed by atoms with E-state index in [-0.39, 0.29) is 28.1 Å². The molecule has 3 rings (SSSR count). The lowest BCUT2D eigenvalue weighted by Gasteiger charge is -2.16. The molecule has 0 saturated heterocycles. The van der Waals surface area contributed by atoms with Crippen LogP contribution in [0.2, 0.25) is 0 Å². The lowest BCUT2D eigenvalue weighted by atomic mass is 10.2. The normalized spacial score (nSPS) is 14.7. The van der Waals surface area contributed by atoms with Crippen molar-refractivity contribution in [2.75, 3.05) is 10.0 Å². The molecule has 0 radical (unpaired) electrons. The third kappa shape index (κ3) is 6.42. The maximum Gasteiger partial charge on any atom is 0.288 e. The molecule has 0 heterocycles. The lowest BCUT2D eigenvalue weighted by Crippen LogP contribution is -2.42. The first-order chi connectivity index (χ1) is 15.0. The summed E-state index contributed by atoms with van der Waals surface area (Å²) in [5.74, 6) is -3.23. The van der Waals surface area contributed by atoms with Crippen LogP contribution in [0.3, 0.4) is 0 Å². The topological polar surface area (TPSA) is 104 Å². The van der Waals surface area contributed by atoms with E-state index < -0.39 is 27.7 Å². The standard InChI is InChI=1S/C21H23F2N3O4S2/c1-12-3-6-16(25-19(27)13(2)24-20(28)14-4-5-14)11-18(12)32(29,30)26-15-7-9-17(10-8-15)31-21(22)23/h3,6-11,13-14,21,26H,4-5H2,1-2H3,(H,24,28)(H,25,27)/t13-/m0/s1. The summed E-state index contributed by atoms with van der Waals surface area (Å²) in [6.07, 6.45) is 1.64. The molecule has 7 nitrogen and oxygen atoms in total. The number of carbonyl (C=O) groups is 2. The van der Waals surface area contributed by atoms with Gasteiger partial charge in [0.05, 0.1) is 4.90 Å². The van der Waals surface area contributed by atoms with E-state index in [4.69, 9.17) is 0 Å². The van der Waals surface area contributed by atoms with Gasteiger partial charge in [-0.2, -0.15) is 8.78 Å². The molecule has 0 aliphatic heterocycles. The summed E-state index contributed by atoms with van der Waals surface area (Å²) in [5.41, 5.74) is 0.932. The Bertz CT molecular complexity index is 1100. The van der Waals surface area contributed by atoms with Crippen LogP contribution in [0.4, 0.5) is 20.2 Å². The van der Waals surface area contributed by atoms with Crippen LogP contribution in [0, 0.1) is 12.8 Å². The number of rotatable bonds is 9. The first-order valence-electron chi connectivity index (χ1n) is 9.85. The summed E-state index contributed by atoms with van der Waals surface area (Å²) in [6, 6.07) is 9.27. The smallest absolute Gasteiger partial charge is 0.288 e. The van der Waals surface area contributed by atoms with Gasteiger partial charge in [0.2, 0.25) is 11.8 Å². The molecule has 1 atom stereocenters. The molecule has 11 heteroatoms. The Morgan fingerprint density at radius 1 is 1.06 bits per heavy atom. The summed E-state index contributed by atoms with van der Waals surface area (Å²) in [4.78, 5) is 24.5. The molecule has 3 N–H and O–H groups in total. The minimum absolute atomic E-state index is 0.0320. The summed E-state index contributed by atoms with van der Waals surface area (Å²) in [7, 11) is -4.01. The van der Waals surface area contributed by atoms with Crippen LogP contribution in [-0.2, 0) is 19.6 Å². The Hall–Kier alpha value is -2.66. The van der Waals surface area contributed by atoms with E-state index in [9.17, 15) is 26.8 Å². The Balaban J connectivity index is 1.70. The van der Waals surface area contributed by atoms with Gasteiger partial charge in [0.25, 0.3) is 15.8 Å². The maximum absolute atomic E-state index is 12.9. The number of aryl methyl sites for hydroxylation is 1. The summed E-state index contributed by atoms with van der Waals surface area (Å²) in [6.45, 7) is 3.17. The highest BCUT2D eigenvalue weighted by Gasteiger charge is 2.31. The van der Waals surface area contributed by atoms with Gasteiger partial charge in [-0.3, -0.25) is 14.3 Å². The average molecular weight is 484 g/mol. The molecule has 2 aromatic carbocycles. The van der Waals surface area contributed by atoms with Crippen LogP contribution in [0.25, 0.3) is 0 Å². The molecule has 1 fully saturated rings. The highest BCUT2D eigenvalue weighted by Crippen LogP contribution is 2.29. The number of carbonyl (C=O) groups excluding carboxylic acids is 2. The quantitative estimate of drug-likeness (QED) is 0.469. The van der Waals surface area contributed by atoms with Gasteiger partial charge in [0.15, 0.2) is 0 Å². The van der Waals surface area contributed by atoms with Crippen LogP contribution >= 0.6 is 11.8 Å². The van der Waals surface area contributed by atoms with Crippen LogP contribution in [0.15, 0.2) is 52.3 Å². The minimum atomic E-state index is -4.01. The largest absolute Gasteiger partial charge is 0.344 e. The van der Waals surface area contributed by atoms with E-state index in [1.54, 1.807) is 26.0 Å². The van der Waals surface area contributed by atoms with Crippen molar-refractivity contribution in [3.8, 4) is 0 Å². The Morgan fingerprint density at radius 3 is 2.28 bits per heavy atom. The molecular formula is C21H23F2N3O4S2. The van der Waals surface area contributed by atoms with Crippen molar-refractivity contribution in [2.24, 2.45) is 5.92 Å². The van der Waals surface area contributed by atoms with Gasteiger partial charge < -0.3 is 10.6 Å². The van der Waals surface area contributed by atoms with Crippen molar-refractivity contribution in [3.63, 3.8) is 0 Å². The second-order valence-corrected chi connectivity index (χ2v) is 10.2. The highest BCUT2D eigenvalue weighted by atomic mass is 32.2. The fraction of sp³-hybridized carbons (Fsp3) is 0.333. The first-order valence-corrected chi connectivity index (χ1v) is 12.2. The summed E-state index contributed by atoms with van der Waals surface area (Å²) < 4.78 is 53.0. The number of sulfonamides is 1. The second kappa shape index (κ2) is 9.86. The van der Waals surface area contributed by atoms with Crippen molar-refractivity contribution >= 4 is 45.0 Å². The van der Waals surface area contributed by atoms with Crippen LogP contribution < -0.4 is 15.4 Å². The van der Waals surface area contributed by atoms with E-state index in [0.717, 1.165) is 12.8 Å². The highest BCUT2D eigenvalue weighted by molar-refractivity contribution is 7.99. The molecule has 172 valence electrons. The molecule has 2 aromatic rings. The minimum Gasteiger partial charge on any atom is -0.344 e. The van der Waals surface area contributed by atoms with Crippen LogP contribution in [0.5, 0.6) is 0 Å². The number of nitrogens with one attached hydrogen (secondary N) is 3. The Kier molecular flexibility index (Phi) is 7.40. The van der Waals surface area contributed by atoms with Crippen molar-refractivity contribution in [1.29, 1.82) is 0 Å².